The highest BCUT2D eigenvalue weighted by Crippen LogP contribution is 1.99. The zero-order valence-electron chi connectivity index (χ0n) is 9.97. The summed E-state index contributed by atoms with van der Waals surface area (Å²) in [7, 11) is 0. The van der Waals surface area contributed by atoms with E-state index in [1.807, 2.05) is 54.7 Å². The highest BCUT2D eigenvalue weighted by molar-refractivity contribution is 5.12. The van der Waals surface area contributed by atoms with Crippen molar-refractivity contribution in [1.82, 2.24) is 9.97 Å². The number of nitrogens with zero attached hydrogens (tertiary/aromatic N) is 2. The highest BCUT2D eigenvalue weighted by Gasteiger charge is 1.91. The summed E-state index contributed by atoms with van der Waals surface area (Å²) >= 11 is 0. The number of hydrogen-bond donors (Lipinski definition) is 0. The average molecular weight is 182 g/mol. The van der Waals surface area contributed by atoms with Crippen LogP contribution in [0.15, 0.2) is 6.20 Å². The molecule has 0 saturated heterocycles. The summed E-state index contributed by atoms with van der Waals surface area (Å²) in [5, 5.41) is 0. The van der Waals surface area contributed by atoms with Gasteiger partial charge in [-0.05, 0) is 26.3 Å². The number of aromatic nitrogens is 2. The normalized spacial score (nSPS) is 7.62. The predicted molar refractivity (Wildman–Crippen MR) is 58.9 cm³/mol. The summed E-state index contributed by atoms with van der Waals surface area (Å²) in [6.07, 6.45) is 1.84. The van der Waals surface area contributed by atoms with Crippen molar-refractivity contribution in [1.29, 1.82) is 0 Å². The lowest BCUT2D eigenvalue weighted by molar-refractivity contribution is 0.986. The molecule has 0 fully saturated rings. The molecule has 0 atom stereocenters. The van der Waals surface area contributed by atoms with Crippen LogP contribution in [0.5, 0.6) is 0 Å². The Bertz CT molecular complexity index is 219. The minimum absolute atomic E-state index is 0.845. The van der Waals surface area contributed by atoms with Gasteiger partial charge in [0.15, 0.2) is 0 Å². The molecule has 0 aliphatic rings. The molecule has 13 heavy (non-hydrogen) atoms. The largest absolute Gasteiger partial charge is 0.241 e. The van der Waals surface area contributed by atoms with E-state index >= 15 is 0 Å². The second kappa shape index (κ2) is 9.17. The van der Waals surface area contributed by atoms with Crippen molar-refractivity contribution >= 4 is 0 Å². The quantitative estimate of drug-likeness (QED) is 0.614. The molecule has 0 spiro atoms. The van der Waals surface area contributed by atoms with E-state index in [1.165, 1.54) is 0 Å². The van der Waals surface area contributed by atoms with E-state index in [1.54, 1.807) is 0 Å². The van der Waals surface area contributed by atoms with Gasteiger partial charge in [-0.2, -0.15) is 0 Å². The molecule has 0 aromatic carbocycles. The third-order valence-electron chi connectivity index (χ3n) is 1.35. The molecule has 0 radical (unpaired) electrons. The lowest BCUT2D eigenvalue weighted by Gasteiger charge is -1.96. The van der Waals surface area contributed by atoms with Crippen LogP contribution in [0.3, 0.4) is 0 Å². The van der Waals surface area contributed by atoms with E-state index < -0.39 is 0 Å². The Morgan fingerprint density at radius 2 is 1.38 bits per heavy atom. The van der Waals surface area contributed by atoms with E-state index in [0.717, 1.165) is 17.1 Å². The summed E-state index contributed by atoms with van der Waals surface area (Å²) in [5.41, 5.74) is 2.23. The Balaban J connectivity index is 0. The number of aryl methyl sites for hydroxylation is 3. The first kappa shape index (κ1) is 14.6. The minimum atomic E-state index is 0.845. The molecule has 0 saturated carbocycles. The summed E-state index contributed by atoms with van der Waals surface area (Å²) in [6.45, 7) is 13.9. The Hall–Kier alpha value is -0.920. The number of hydrogen-bond acceptors (Lipinski definition) is 2. The molecule has 0 amide bonds. The van der Waals surface area contributed by atoms with Gasteiger partial charge in [-0.3, -0.25) is 0 Å². The zero-order valence-corrected chi connectivity index (χ0v) is 9.97. The molecule has 0 unspecified atom stereocenters. The van der Waals surface area contributed by atoms with Gasteiger partial charge in [-0.15, -0.1) is 0 Å². The van der Waals surface area contributed by atoms with Gasteiger partial charge in [0.25, 0.3) is 0 Å². The van der Waals surface area contributed by atoms with Crippen LogP contribution in [0, 0.1) is 20.8 Å². The SMILES string of the molecule is CC.CC.Cc1ncc(C)c(C)n1. The molecule has 0 N–H and O–H groups in total. The predicted octanol–water partition coefficient (Wildman–Crippen LogP) is 3.45. The molecule has 1 rings (SSSR count). The van der Waals surface area contributed by atoms with Gasteiger partial charge >= 0.3 is 0 Å². The van der Waals surface area contributed by atoms with E-state index in [9.17, 15) is 0 Å². The second-order valence-corrected chi connectivity index (χ2v) is 2.19. The molecule has 2 nitrogen and oxygen atoms in total. The second-order valence-electron chi connectivity index (χ2n) is 2.19. The van der Waals surface area contributed by atoms with Gasteiger partial charge in [-0.25, -0.2) is 9.97 Å². The van der Waals surface area contributed by atoms with Gasteiger partial charge in [0.2, 0.25) is 0 Å². The minimum Gasteiger partial charge on any atom is -0.241 e. The maximum Gasteiger partial charge on any atom is 0.125 e. The van der Waals surface area contributed by atoms with Crippen molar-refractivity contribution in [3.05, 3.63) is 23.3 Å². The van der Waals surface area contributed by atoms with Crippen LogP contribution in [0.1, 0.15) is 44.8 Å². The van der Waals surface area contributed by atoms with Crippen LogP contribution in [-0.2, 0) is 0 Å². The van der Waals surface area contributed by atoms with Crippen molar-refractivity contribution < 1.29 is 0 Å². The van der Waals surface area contributed by atoms with Crippen molar-refractivity contribution in [2.24, 2.45) is 0 Å². The highest BCUT2D eigenvalue weighted by atomic mass is 14.9. The van der Waals surface area contributed by atoms with Gasteiger partial charge in [0, 0.05) is 11.9 Å². The van der Waals surface area contributed by atoms with Crippen LogP contribution >= 0.6 is 0 Å². The lowest BCUT2D eigenvalue weighted by Crippen LogP contribution is -1.92. The molecule has 1 aromatic heterocycles. The van der Waals surface area contributed by atoms with Crippen LogP contribution in [-0.4, -0.2) is 9.97 Å². The van der Waals surface area contributed by atoms with Crippen LogP contribution in [0.2, 0.25) is 0 Å². The van der Waals surface area contributed by atoms with Crippen LogP contribution in [0.25, 0.3) is 0 Å². The summed E-state index contributed by atoms with van der Waals surface area (Å²) in [6, 6.07) is 0. The summed E-state index contributed by atoms with van der Waals surface area (Å²) in [5.74, 6) is 0.845. The molecule has 1 heterocycles. The molecule has 2 heteroatoms. The molecule has 0 aliphatic heterocycles. The lowest BCUT2D eigenvalue weighted by atomic mass is 10.3. The first-order chi connectivity index (χ1) is 6.20. The number of rotatable bonds is 0. The maximum atomic E-state index is 4.16. The summed E-state index contributed by atoms with van der Waals surface area (Å²) < 4.78 is 0. The van der Waals surface area contributed by atoms with Gasteiger partial charge in [0.1, 0.15) is 5.82 Å². The van der Waals surface area contributed by atoms with Gasteiger partial charge in [-0.1, -0.05) is 27.7 Å². The maximum absolute atomic E-state index is 4.16. The first-order valence-electron chi connectivity index (χ1n) is 4.97. The smallest absolute Gasteiger partial charge is 0.125 e. The van der Waals surface area contributed by atoms with Crippen molar-refractivity contribution in [2.45, 2.75) is 48.5 Å². The molecular formula is C11H22N2. The topological polar surface area (TPSA) is 25.8 Å². The average Bonchev–Trinajstić information content (AvgIpc) is 2.18. The van der Waals surface area contributed by atoms with Crippen molar-refractivity contribution in [2.75, 3.05) is 0 Å². The third kappa shape index (κ3) is 6.26. The Labute approximate surface area is 82.4 Å². The van der Waals surface area contributed by atoms with E-state index in [-0.39, 0.29) is 0 Å². The molecule has 1 aromatic rings. The van der Waals surface area contributed by atoms with E-state index in [0.29, 0.717) is 0 Å². The van der Waals surface area contributed by atoms with Gasteiger partial charge < -0.3 is 0 Å². The van der Waals surface area contributed by atoms with E-state index in [4.69, 9.17) is 0 Å². The molecular weight excluding hydrogens is 160 g/mol. The first-order valence-corrected chi connectivity index (χ1v) is 4.97. The fourth-order valence-corrected chi connectivity index (χ4v) is 0.643. The molecule has 0 aliphatic carbocycles. The monoisotopic (exact) mass is 182 g/mol. The standard InChI is InChI=1S/C7H10N2.2C2H6/c1-5-4-8-7(3)9-6(5)2;2*1-2/h4H,1-3H3;2*1-2H3. The Morgan fingerprint density at radius 3 is 1.69 bits per heavy atom. The molecule has 0 bridgehead atoms. The molecule has 76 valence electrons. The van der Waals surface area contributed by atoms with E-state index in [2.05, 4.69) is 9.97 Å². The third-order valence-corrected chi connectivity index (χ3v) is 1.35. The zero-order chi connectivity index (χ0) is 10.9. The fraction of sp³-hybridized carbons (Fsp3) is 0.636. The van der Waals surface area contributed by atoms with Gasteiger partial charge in [0.05, 0.1) is 0 Å². The fourth-order valence-electron chi connectivity index (χ4n) is 0.643. The Morgan fingerprint density at radius 1 is 0.923 bits per heavy atom. The van der Waals surface area contributed by atoms with Crippen molar-refractivity contribution in [3.63, 3.8) is 0 Å². The van der Waals surface area contributed by atoms with Crippen LogP contribution in [0.4, 0.5) is 0 Å². The van der Waals surface area contributed by atoms with Crippen molar-refractivity contribution in [3.8, 4) is 0 Å². The summed E-state index contributed by atoms with van der Waals surface area (Å²) in [4.78, 5) is 8.19. The van der Waals surface area contributed by atoms with Crippen LogP contribution < -0.4 is 0 Å². The Kier molecular flexibility index (Phi) is 10.3.